The molecule has 0 spiro atoms. The van der Waals surface area contributed by atoms with E-state index in [2.05, 4.69) is 17.0 Å². The van der Waals surface area contributed by atoms with Crippen molar-refractivity contribution in [1.29, 1.82) is 0 Å². The summed E-state index contributed by atoms with van der Waals surface area (Å²) in [6.07, 6.45) is 2.41. The van der Waals surface area contributed by atoms with Gasteiger partial charge >= 0.3 is 0 Å². The van der Waals surface area contributed by atoms with E-state index in [1.807, 2.05) is 55.6 Å². The summed E-state index contributed by atoms with van der Waals surface area (Å²) in [6, 6.07) is 18.0. The predicted molar refractivity (Wildman–Crippen MR) is 88.0 cm³/mol. The number of methoxy groups -OCH3 is 1. The third kappa shape index (κ3) is 2.62. The van der Waals surface area contributed by atoms with Crippen molar-refractivity contribution >= 4 is 11.5 Å². The molecule has 22 heavy (non-hydrogen) atoms. The van der Waals surface area contributed by atoms with E-state index in [1.54, 1.807) is 7.11 Å². The lowest BCUT2D eigenvalue weighted by atomic mass is 9.93. The summed E-state index contributed by atoms with van der Waals surface area (Å²) in [5, 5.41) is 0. The van der Waals surface area contributed by atoms with E-state index >= 15 is 0 Å². The lowest BCUT2D eigenvalue weighted by Crippen LogP contribution is -2.31. The predicted octanol–water partition coefficient (Wildman–Crippen LogP) is 4.12. The number of carbonyl (C=O) groups excluding carboxylic acids is 1. The van der Waals surface area contributed by atoms with Gasteiger partial charge in [-0.1, -0.05) is 42.5 Å². The van der Waals surface area contributed by atoms with Crippen molar-refractivity contribution < 1.29 is 9.53 Å². The van der Waals surface area contributed by atoms with E-state index < -0.39 is 0 Å². The van der Waals surface area contributed by atoms with E-state index in [0.717, 1.165) is 22.6 Å². The van der Waals surface area contributed by atoms with Gasteiger partial charge in [0, 0.05) is 18.2 Å². The van der Waals surface area contributed by atoms with Crippen LogP contribution in [0.15, 0.2) is 66.4 Å². The number of Topliss-reactive ketones (excluding diaryl/α,β-unsaturated/α-hetero) is 1. The minimum atomic E-state index is -0.00583. The molecule has 1 heterocycles. The molecular formula is C19H19NO2. The van der Waals surface area contributed by atoms with Crippen LogP contribution in [0.1, 0.15) is 24.9 Å². The lowest BCUT2D eigenvalue weighted by molar-refractivity contribution is -0.116. The van der Waals surface area contributed by atoms with E-state index in [0.29, 0.717) is 6.42 Å². The number of para-hydroxylation sites is 2. The summed E-state index contributed by atoms with van der Waals surface area (Å²) in [5.74, 6) is 1.00. The Morgan fingerprint density at radius 1 is 1.05 bits per heavy atom. The Morgan fingerprint density at radius 3 is 2.45 bits per heavy atom. The zero-order chi connectivity index (χ0) is 15.5. The average Bonchev–Trinajstić information content (AvgIpc) is 2.57. The SMILES string of the molecule is COc1ccccc1N1C=C(C)C(=O)C[C@@H]1c1ccccc1. The number of hydrogen-bond acceptors (Lipinski definition) is 3. The molecule has 2 aromatic rings. The third-order valence-corrected chi connectivity index (χ3v) is 4.03. The second-order valence-electron chi connectivity index (χ2n) is 5.45. The van der Waals surface area contributed by atoms with Crippen molar-refractivity contribution in [3.63, 3.8) is 0 Å². The largest absolute Gasteiger partial charge is 0.495 e. The number of allylic oxidation sites excluding steroid dienone is 1. The number of rotatable bonds is 3. The molecule has 3 nitrogen and oxygen atoms in total. The summed E-state index contributed by atoms with van der Waals surface area (Å²) < 4.78 is 5.49. The Hall–Kier alpha value is -2.55. The maximum atomic E-state index is 12.2. The first-order valence-corrected chi connectivity index (χ1v) is 7.38. The second-order valence-corrected chi connectivity index (χ2v) is 5.45. The molecule has 2 aromatic carbocycles. The van der Waals surface area contributed by atoms with Crippen molar-refractivity contribution in [2.75, 3.05) is 12.0 Å². The summed E-state index contributed by atoms with van der Waals surface area (Å²) in [4.78, 5) is 14.3. The Kier molecular flexibility index (Phi) is 3.96. The van der Waals surface area contributed by atoms with Crippen LogP contribution in [0.3, 0.4) is 0 Å². The van der Waals surface area contributed by atoms with Crippen molar-refractivity contribution in [2.45, 2.75) is 19.4 Å². The van der Waals surface area contributed by atoms with Crippen molar-refractivity contribution in [3.05, 3.63) is 71.9 Å². The second kappa shape index (κ2) is 6.06. The zero-order valence-electron chi connectivity index (χ0n) is 12.8. The molecule has 0 aliphatic carbocycles. The molecule has 3 heteroatoms. The molecule has 0 saturated heterocycles. The summed E-state index contributed by atoms with van der Waals surface area (Å²) in [5.41, 5.74) is 2.88. The average molecular weight is 293 g/mol. The lowest BCUT2D eigenvalue weighted by Gasteiger charge is -2.35. The van der Waals surface area contributed by atoms with E-state index in [1.165, 1.54) is 0 Å². The standard InChI is InChI=1S/C19H19NO2/c1-14-13-20(16-10-6-7-11-19(16)22-2)17(12-18(14)21)15-8-4-3-5-9-15/h3-11,13,17H,12H2,1-2H3/t17-/m1/s1. The van der Waals surface area contributed by atoms with Crippen LogP contribution < -0.4 is 9.64 Å². The zero-order valence-corrected chi connectivity index (χ0v) is 12.8. The Balaban J connectivity index is 2.10. The smallest absolute Gasteiger partial charge is 0.162 e. The highest BCUT2D eigenvalue weighted by atomic mass is 16.5. The Bertz CT molecular complexity index is 706. The minimum Gasteiger partial charge on any atom is -0.495 e. The molecule has 112 valence electrons. The van der Waals surface area contributed by atoms with E-state index in [-0.39, 0.29) is 11.8 Å². The van der Waals surface area contributed by atoms with Gasteiger partial charge in [0.15, 0.2) is 5.78 Å². The fourth-order valence-electron chi connectivity index (χ4n) is 2.84. The van der Waals surface area contributed by atoms with Gasteiger partial charge in [0.2, 0.25) is 0 Å². The van der Waals surface area contributed by atoms with Crippen LogP contribution in [0.4, 0.5) is 5.69 Å². The highest BCUT2D eigenvalue weighted by Crippen LogP contribution is 2.39. The van der Waals surface area contributed by atoms with E-state index in [9.17, 15) is 4.79 Å². The van der Waals surface area contributed by atoms with Crippen LogP contribution in [-0.2, 0) is 4.79 Å². The van der Waals surface area contributed by atoms with Crippen LogP contribution in [0.5, 0.6) is 5.75 Å². The van der Waals surface area contributed by atoms with Crippen LogP contribution in [0, 0.1) is 0 Å². The van der Waals surface area contributed by atoms with Gasteiger partial charge < -0.3 is 9.64 Å². The Morgan fingerprint density at radius 2 is 1.73 bits per heavy atom. The van der Waals surface area contributed by atoms with Gasteiger partial charge in [-0.05, 0) is 24.6 Å². The normalized spacial score (nSPS) is 18.1. The molecule has 0 aromatic heterocycles. The molecule has 1 atom stereocenters. The molecular weight excluding hydrogens is 274 g/mol. The summed E-state index contributed by atoms with van der Waals surface area (Å²) >= 11 is 0. The number of anilines is 1. The highest BCUT2D eigenvalue weighted by Gasteiger charge is 2.29. The fourth-order valence-corrected chi connectivity index (χ4v) is 2.84. The van der Waals surface area contributed by atoms with Gasteiger partial charge in [0.05, 0.1) is 18.8 Å². The van der Waals surface area contributed by atoms with Gasteiger partial charge in [0.25, 0.3) is 0 Å². The number of nitrogens with zero attached hydrogens (tertiary/aromatic N) is 1. The number of hydrogen-bond donors (Lipinski definition) is 0. The fraction of sp³-hybridized carbons (Fsp3) is 0.211. The quantitative estimate of drug-likeness (QED) is 0.852. The van der Waals surface area contributed by atoms with Gasteiger partial charge in [-0.15, -0.1) is 0 Å². The summed E-state index contributed by atoms with van der Waals surface area (Å²) in [6.45, 7) is 1.87. The molecule has 1 aliphatic heterocycles. The maximum Gasteiger partial charge on any atom is 0.162 e. The topological polar surface area (TPSA) is 29.5 Å². The number of ketones is 1. The molecule has 0 fully saturated rings. The van der Waals surface area contributed by atoms with Crippen LogP contribution >= 0.6 is 0 Å². The molecule has 0 amide bonds. The highest BCUT2D eigenvalue weighted by molar-refractivity contribution is 5.97. The van der Waals surface area contributed by atoms with Crippen molar-refractivity contribution in [3.8, 4) is 5.75 Å². The minimum absolute atomic E-state index is 0.00583. The Labute approximate surface area is 130 Å². The molecule has 0 bridgehead atoms. The molecule has 1 aliphatic rings. The van der Waals surface area contributed by atoms with Crippen molar-refractivity contribution in [2.24, 2.45) is 0 Å². The molecule has 0 N–H and O–H groups in total. The van der Waals surface area contributed by atoms with Gasteiger partial charge in [-0.3, -0.25) is 4.79 Å². The maximum absolute atomic E-state index is 12.2. The van der Waals surface area contributed by atoms with Crippen LogP contribution in [-0.4, -0.2) is 12.9 Å². The number of benzene rings is 2. The van der Waals surface area contributed by atoms with Crippen LogP contribution in [0.2, 0.25) is 0 Å². The first kappa shape index (κ1) is 14.4. The van der Waals surface area contributed by atoms with Gasteiger partial charge in [0.1, 0.15) is 5.75 Å². The van der Waals surface area contributed by atoms with Crippen LogP contribution in [0.25, 0.3) is 0 Å². The molecule has 3 rings (SSSR count). The number of ether oxygens (including phenoxy) is 1. The molecule has 0 radical (unpaired) electrons. The molecule has 0 unspecified atom stereocenters. The monoisotopic (exact) mass is 293 g/mol. The molecule has 0 saturated carbocycles. The van der Waals surface area contributed by atoms with E-state index in [4.69, 9.17) is 4.74 Å². The summed E-state index contributed by atoms with van der Waals surface area (Å²) in [7, 11) is 1.67. The van der Waals surface area contributed by atoms with Gasteiger partial charge in [-0.25, -0.2) is 0 Å². The third-order valence-electron chi connectivity index (χ3n) is 4.03. The van der Waals surface area contributed by atoms with Crippen molar-refractivity contribution in [1.82, 2.24) is 0 Å². The number of carbonyl (C=O) groups is 1. The van der Waals surface area contributed by atoms with Gasteiger partial charge in [-0.2, -0.15) is 0 Å². The first-order chi connectivity index (χ1) is 10.7. The first-order valence-electron chi connectivity index (χ1n) is 7.38.